The van der Waals surface area contributed by atoms with Gasteiger partial charge in [-0.05, 0) is 78.2 Å². The van der Waals surface area contributed by atoms with Crippen LogP contribution in [0.25, 0.3) is 0 Å². The van der Waals surface area contributed by atoms with Gasteiger partial charge in [0.25, 0.3) is 20.2 Å². The van der Waals surface area contributed by atoms with Gasteiger partial charge in [0.2, 0.25) is 0 Å². The lowest BCUT2D eigenvalue weighted by molar-refractivity contribution is 0.289. The number of benzene rings is 4. The van der Waals surface area contributed by atoms with Crippen LogP contribution in [0.3, 0.4) is 0 Å². The molecule has 0 saturated heterocycles. The first-order valence-electron chi connectivity index (χ1n) is 12.7. The summed E-state index contributed by atoms with van der Waals surface area (Å²) in [5, 5.41) is 0. The molecule has 41 heavy (non-hydrogen) atoms. The van der Waals surface area contributed by atoms with Gasteiger partial charge >= 0.3 is 0 Å². The van der Waals surface area contributed by atoms with Crippen LogP contribution in [0.4, 0.5) is 11.4 Å². The molecule has 0 saturated carbocycles. The van der Waals surface area contributed by atoms with Gasteiger partial charge in [0, 0.05) is 35.6 Å². The largest absolute Gasteiger partial charge is 0.473 e. The minimum Gasteiger partial charge on any atom is -0.473 e. The number of ether oxygens (including phenoxy) is 2. The molecular formula is C29H26N2O8S2. The van der Waals surface area contributed by atoms with Gasteiger partial charge in [0.1, 0.15) is 11.5 Å². The molecule has 2 aliphatic rings. The molecule has 10 nitrogen and oxygen atoms in total. The maximum atomic E-state index is 11.5. The fraction of sp³-hybridized carbons (Fsp3) is 0.172. The van der Waals surface area contributed by atoms with E-state index in [9.17, 15) is 25.9 Å². The van der Waals surface area contributed by atoms with E-state index < -0.39 is 20.2 Å². The molecule has 0 atom stereocenters. The Labute approximate surface area is 237 Å². The molecule has 0 spiro atoms. The number of rotatable bonds is 6. The molecule has 4 aromatic carbocycles. The first kappa shape index (κ1) is 27.1. The monoisotopic (exact) mass is 594 g/mol. The average Bonchev–Trinajstić information content (AvgIpc) is 2.96. The minimum atomic E-state index is -4.29. The first-order chi connectivity index (χ1) is 19.5. The van der Waals surface area contributed by atoms with Crippen molar-refractivity contribution in [2.45, 2.75) is 29.3 Å². The lowest BCUT2D eigenvalue weighted by atomic mass is 10.0. The summed E-state index contributed by atoms with van der Waals surface area (Å²) in [7, 11) is -8.59. The molecule has 212 valence electrons. The molecule has 2 heterocycles. The van der Waals surface area contributed by atoms with Crippen molar-refractivity contribution in [1.29, 1.82) is 0 Å². The fourth-order valence-corrected chi connectivity index (χ4v) is 6.04. The third-order valence-electron chi connectivity index (χ3n) is 7.15. The summed E-state index contributed by atoms with van der Waals surface area (Å²) >= 11 is 0. The predicted molar refractivity (Wildman–Crippen MR) is 152 cm³/mol. The molecule has 0 bridgehead atoms. The third-order valence-corrected chi connectivity index (χ3v) is 8.84. The highest BCUT2D eigenvalue weighted by Gasteiger charge is 2.22. The smallest absolute Gasteiger partial charge is 0.294 e. The van der Waals surface area contributed by atoms with Crippen LogP contribution in [0.1, 0.15) is 22.3 Å². The fourth-order valence-electron chi connectivity index (χ4n) is 4.98. The minimum absolute atomic E-state index is 0.160. The van der Waals surface area contributed by atoms with Crippen molar-refractivity contribution in [3.8, 4) is 11.5 Å². The Morgan fingerprint density at radius 3 is 1.34 bits per heavy atom. The lowest BCUT2D eigenvalue weighted by Crippen LogP contribution is -2.32. The van der Waals surface area contributed by atoms with Crippen LogP contribution in [0.2, 0.25) is 0 Å². The van der Waals surface area contributed by atoms with Crippen LogP contribution >= 0.6 is 0 Å². The summed E-state index contributed by atoms with van der Waals surface area (Å²) in [5.41, 5.74) is 5.43. The molecular weight excluding hydrogens is 568 g/mol. The first-order valence-corrected chi connectivity index (χ1v) is 15.6. The highest BCUT2D eigenvalue weighted by molar-refractivity contribution is 7.86. The van der Waals surface area contributed by atoms with Crippen LogP contribution < -0.4 is 19.3 Å². The summed E-state index contributed by atoms with van der Waals surface area (Å²) in [6.07, 6.45) is 0.717. The maximum absolute atomic E-state index is 11.5. The highest BCUT2D eigenvalue weighted by Crippen LogP contribution is 2.32. The van der Waals surface area contributed by atoms with Crippen molar-refractivity contribution in [2.75, 3.05) is 23.3 Å². The number of fused-ring (bicyclic) bond motifs is 2. The van der Waals surface area contributed by atoms with Crippen molar-refractivity contribution in [1.82, 2.24) is 0 Å². The molecule has 0 aromatic heterocycles. The second-order valence-electron chi connectivity index (χ2n) is 9.94. The molecule has 4 aromatic rings. The van der Waals surface area contributed by atoms with E-state index in [1.165, 1.54) is 24.3 Å². The molecule has 6 rings (SSSR count). The van der Waals surface area contributed by atoms with E-state index in [0.29, 0.717) is 55.6 Å². The van der Waals surface area contributed by atoms with Crippen LogP contribution in [0, 0.1) is 0 Å². The van der Waals surface area contributed by atoms with E-state index in [-0.39, 0.29) is 9.79 Å². The summed E-state index contributed by atoms with van der Waals surface area (Å²) in [6, 6.07) is 24.8. The van der Waals surface area contributed by atoms with Gasteiger partial charge in [-0.3, -0.25) is 9.11 Å². The molecule has 12 heteroatoms. The summed E-state index contributed by atoms with van der Waals surface area (Å²) in [6.45, 7) is 1.53. The van der Waals surface area contributed by atoms with E-state index >= 15 is 0 Å². The molecule has 2 N–H and O–H groups in total. The summed E-state index contributed by atoms with van der Waals surface area (Å²) in [4.78, 5) is 3.64. The summed E-state index contributed by atoms with van der Waals surface area (Å²) in [5.74, 6) is 1.19. The van der Waals surface area contributed by atoms with E-state index in [2.05, 4.69) is 0 Å². The second kappa shape index (κ2) is 10.4. The molecule has 0 amide bonds. The van der Waals surface area contributed by atoms with Crippen LogP contribution in [0.5, 0.6) is 11.5 Å². The number of anilines is 2. The van der Waals surface area contributed by atoms with Crippen molar-refractivity contribution in [3.05, 3.63) is 107 Å². The van der Waals surface area contributed by atoms with Gasteiger partial charge in [0.05, 0.1) is 9.79 Å². The van der Waals surface area contributed by atoms with E-state index in [1.54, 1.807) is 12.1 Å². The average molecular weight is 595 g/mol. The zero-order valence-corrected chi connectivity index (χ0v) is 23.3. The van der Waals surface area contributed by atoms with Crippen molar-refractivity contribution in [3.63, 3.8) is 0 Å². The number of nitrogens with zero attached hydrogens (tertiary/aromatic N) is 2. The van der Waals surface area contributed by atoms with Crippen molar-refractivity contribution in [2.24, 2.45) is 0 Å². The van der Waals surface area contributed by atoms with E-state index in [0.717, 1.165) is 22.5 Å². The standard InChI is InChI=1S/C29H26N2O8S2/c32-40(33,34)26-9-11-28-22(14-26)16-30(18-38-28)24-5-1-20(2-6-24)13-21-3-7-25(8-4-21)31-17-23-15-27(41(35,36)37)10-12-29(23)39-19-31/h1-12,14-15H,13,16-19H2,(H,32,33,34)(H,35,36,37). The number of hydrogen-bond donors (Lipinski definition) is 2. The van der Waals surface area contributed by atoms with Crippen molar-refractivity contribution >= 4 is 31.6 Å². The van der Waals surface area contributed by atoms with Crippen LogP contribution in [0.15, 0.2) is 94.7 Å². The van der Waals surface area contributed by atoms with E-state index in [4.69, 9.17) is 9.47 Å². The molecule has 0 radical (unpaired) electrons. The summed E-state index contributed by atoms with van der Waals surface area (Å²) < 4.78 is 76.3. The molecule has 0 unspecified atom stereocenters. The van der Waals surface area contributed by atoms with Crippen molar-refractivity contribution < 1.29 is 35.4 Å². The zero-order chi connectivity index (χ0) is 28.8. The molecule has 0 fully saturated rings. The Hall–Kier alpha value is -4.10. The molecule has 0 aliphatic carbocycles. The Morgan fingerprint density at radius 2 is 0.976 bits per heavy atom. The Bertz CT molecular complexity index is 1690. The highest BCUT2D eigenvalue weighted by atomic mass is 32.2. The van der Waals surface area contributed by atoms with E-state index in [1.807, 2.05) is 58.3 Å². The zero-order valence-electron chi connectivity index (χ0n) is 21.7. The Morgan fingerprint density at radius 1 is 0.585 bits per heavy atom. The third kappa shape index (κ3) is 5.86. The van der Waals surface area contributed by atoms with Gasteiger partial charge in [-0.15, -0.1) is 0 Å². The van der Waals surface area contributed by atoms with Crippen LogP contribution in [-0.2, 0) is 39.7 Å². The number of hydrogen-bond acceptors (Lipinski definition) is 8. The van der Waals surface area contributed by atoms with Gasteiger partial charge in [-0.1, -0.05) is 24.3 Å². The SMILES string of the molecule is O=S(=O)(O)c1ccc2c(c1)CN(c1ccc(Cc3ccc(N4COc5ccc(S(=O)(=O)O)cc5C4)cc3)cc1)CO2. The topological polar surface area (TPSA) is 134 Å². The normalized spacial score (nSPS) is 15.0. The van der Waals surface area contributed by atoms with Gasteiger partial charge in [-0.25, -0.2) is 0 Å². The van der Waals surface area contributed by atoms with Gasteiger partial charge in [0.15, 0.2) is 13.5 Å². The second-order valence-corrected chi connectivity index (χ2v) is 12.8. The molecule has 2 aliphatic heterocycles. The van der Waals surface area contributed by atoms with Crippen LogP contribution in [-0.4, -0.2) is 39.4 Å². The quantitative estimate of drug-likeness (QED) is 0.308. The Balaban J connectivity index is 1.10. The lowest BCUT2D eigenvalue weighted by Gasteiger charge is -2.31. The predicted octanol–water partition coefficient (Wildman–Crippen LogP) is 4.48. The van der Waals surface area contributed by atoms with Gasteiger partial charge < -0.3 is 19.3 Å². The van der Waals surface area contributed by atoms with Gasteiger partial charge in [-0.2, -0.15) is 16.8 Å². The Kier molecular flexibility index (Phi) is 6.86. The maximum Gasteiger partial charge on any atom is 0.294 e.